The zero-order valence-corrected chi connectivity index (χ0v) is 14.5. The normalized spacial score (nSPS) is 23.0. The van der Waals surface area contributed by atoms with Crippen LogP contribution in [0.5, 0.6) is 5.75 Å². The highest BCUT2D eigenvalue weighted by Gasteiger charge is 2.24. The standard InChI is InChI=1S/C20H25FN2O2/c21-19-10-17-12-22-6-3-16(17)11-20(19)25-18-4-7-23(8-5-18)13-15-2-1-9-24-14-15/h3,6,10-12,15,18H,1-2,4-5,7-9,13-14H2. The van der Waals surface area contributed by atoms with Crippen molar-refractivity contribution in [3.8, 4) is 5.75 Å². The van der Waals surface area contributed by atoms with Gasteiger partial charge in [0.05, 0.1) is 6.61 Å². The molecule has 0 amide bonds. The van der Waals surface area contributed by atoms with Gasteiger partial charge in [-0.1, -0.05) is 0 Å². The lowest BCUT2D eigenvalue weighted by Crippen LogP contribution is -2.42. The fraction of sp³-hybridized carbons (Fsp3) is 0.550. The maximum atomic E-state index is 14.3. The number of aromatic nitrogens is 1. The van der Waals surface area contributed by atoms with Gasteiger partial charge in [0.25, 0.3) is 0 Å². The van der Waals surface area contributed by atoms with Crippen molar-refractivity contribution in [2.24, 2.45) is 5.92 Å². The van der Waals surface area contributed by atoms with Crippen molar-refractivity contribution in [2.75, 3.05) is 32.8 Å². The molecule has 5 heteroatoms. The Hall–Kier alpha value is -1.72. The summed E-state index contributed by atoms with van der Waals surface area (Å²) in [6.45, 7) is 4.96. The molecule has 2 saturated heterocycles. The van der Waals surface area contributed by atoms with Gasteiger partial charge < -0.3 is 14.4 Å². The van der Waals surface area contributed by atoms with Crippen LogP contribution in [0.1, 0.15) is 25.7 Å². The number of rotatable bonds is 4. The number of pyridine rings is 1. The Bertz CT molecular complexity index is 710. The van der Waals surface area contributed by atoms with Crippen LogP contribution in [-0.2, 0) is 4.74 Å². The van der Waals surface area contributed by atoms with E-state index in [1.54, 1.807) is 18.5 Å². The van der Waals surface area contributed by atoms with Gasteiger partial charge >= 0.3 is 0 Å². The van der Waals surface area contributed by atoms with E-state index >= 15 is 0 Å². The van der Waals surface area contributed by atoms with Gasteiger partial charge in [-0.25, -0.2) is 4.39 Å². The topological polar surface area (TPSA) is 34.6 Å². The monoisotopic (exact) mass is 344 g/mol. The average Bonchev–Trinajstić information content (AvgIpc) is 2.65. The largest absolute Gasteiger partial charge is 0.487 e. The van der Waals surface area contributed by atoms with Crippen LogP contribution in [0.25, 0.3) is 10.8 Å². The molecule has 0 radical (unpaired) electrons. The SMILES string of the molecule is Fc1cc2cnccc2cc1OC1CCN(CC2CCCOC2)CC1. The first-order chi connectivity index (χ1) is 12.3. The van der Waals surface area contributed by atoms with Gasteiger partial charge in [0.15, 0.2) is 11.6 Å². The van der Waals surface area contributed by atoms with Crippen LogP contribution in [0.3, 0.4) is 0 Å². The summed E-state index contributed by atoms with van der Waals surface area (Å²) in [6.07, 6.45) is 7.83. The van der Waals surface area contributed by atoms with E-state index in [0.717, 1.165) is 56.5 Å². The van der Waals surface area contributed by atoms with Crippen molar-refractivity contribution in [3.63, 3.8) is 0 Å². The van der Waals surface area contributed by atoms with E-state index in [4.69, 9.17) is 9.47 Å². The van der Waals surface area contributed by atoms with Crippen molar-refractivity contribution < 1.29 is 13.9 Å². The van der Waals surface area contributed by atoms with Gasteiger partial charge in [-0.05, 0) is 55.2 Å². The van der Waals surface area contributed by atoms with Crippen LogP contribution in [0.2, 0.25) is 0 Å². The van der Waals surface area contributed by atoms with E-state index in [1.165, 1.54) is 18.9 Å². The molecule has 1 atom stereocenters. The number of piperidine rings is 1. The quantitative estimate of drug-likeness (QED) is 0.848. The second-order valence-electron chi connectivity index (χ2n) is 7.21. The third-order valence-corrected chi connectivity index (χ3v) is 5.29. The highest BCUT2D eigenvalue weighted by Crippen LogP contribution is 2.27. The van der Waals surface area contributed by atoms with Gasteiger partial charge in [0.1, 0.15) is 6.10 Å². The summed E-state index contributed by atoms with van der Waals surface area (Å²) in [5, 5.41) is 1.76. The van der Waals surface area contributed by atoms with Crippen LogP contribution < -0.4 is 4.74 Å². The molecule has 0 aliphatic carbocycles. The highest BCUT2D eigenvalue weighted by molar-refractivity contribution is 5.83. The second kappa shape index (κ2) is 7.67. The van der Waals surface area contributed by atoms with E-state index in [9.17, 15) is 4.39 Å². The van der Waals surface area contributed by atoms with Crippen LogP contribution in [0, 0.1) is 11.7 Å². The Morgan fingerprint density at radius 1 is 1.20 bits per heavy atom. The third kappa shape index (κ3) is 4.10. The molecular formula is C20H25FN2O2. The Morgan fingerprint density at radius 3 is 2.88 bits per heavy atom. The third-order valence-electron chi connectivity index (χ3n) is 5.29. The Kier molecular flexibility index (Phi) is 5.13. The molecule has 134 valence electrons. The van der Waals surface area contributed by atoms with Crippen molar-refractivity contribution in [1.82, 2.24) is 9.88 Å². The number of hydrogen-bond acceptors (Lipinski definition) is 4. The molecule has 0 spiro atoms. The van der Waals surface area contributed by atoms with Gasteiger partial charge in [0.2, 0.25) is 0 Å². The zero-order valence-electron chi connectivity index (χ0n) is 14.5. The molecule has 2 fully saturated rings. The second-order valence-corrected chi connectivity index (χ2v) is 7.21. The first-order valence-electron chi connectivity index (χ1n) is 9.28. The molecule has 2 aromatic rings. The molecular weight excluding hydrogens is 319 g/mol. The molecule has 1 unspecified atom stereocenters. The number of hydrogen-bond donors (Lipinski definition) is 0. The summed E-state index contributed by atoms with van der Waals surface area (Å²) >= 11 is 0. The molecule has 4 rings (SSSR count). The maximum Gasteiger partial charge on any atom is 0.165 e. The van der Waals surface area contributed by atoms with E-state index in [-0.39, 0.29) is 11.9 Å². The number of nitrogens with zero attached hydrogens (tertiary/aromatic N) is 2. The van der Waals surface area contributed by atoms with Gasteiger partial charge in [-0.2, -0.15) is 0 Å². The minimum absolute atomic E-state index is 0.0904. The zero-order chi connectivity index (χ0) is 17.1. The van der Waals surface area contributed by atoms with Crippen LogP contribution in [0.15, 0.2) is 30.6 Å². The van der Waals surface area contributed by atoms with Gasteiger partial charge in [0, 0.05) is 44.0 Å². The summed E-state index contributed by atoms with van der Waals surface area (Å²) in [4.78, 5) is 6.54. The molecule has 1 aromatic heterocycles. The number of halogens is 1. The summed E-state index contributed by atoms with van der Waals surface area (Å²) in [5.41, 5.74) is 0. The van der Waals surface area contributed by atoms with Crippen LogP contribution in [0.4, 0.5) is 4.39 Å². The fourth-order valence-corrected chi connectivity index (χ4v) is 3.88. The Labute approximate surface area is 147 Å². The number of ether oxygens (including phenoxy) is 2. The van der Waals surface area contributed by atoms with E-state index in [0.29, 0.717) is 11.7 Å². The molecule has 0 N–H and O–H groups in total. The highest BCUT2D eigenvalue weighted by atomic mass is 19.1. The number of benzene rings is 1. The fourth-order valence-electron chi connectivity index (χ4n) is 3.88. The Balaban J connectivity index is 1.33. The van der Waals surface area contributed by atoms with Gasteiger partial charge in [-0.3, -0.25) is 4.98 Å². The minimum Gasteiger partial charge on any atom is -0.487 e. The van der Waals surface area contributed by atoms with Crippen LogP contribution in [-0.4, -0.2) is 48.8 Å². The predicted octanol–water partition coefficient (Wildman–Crippen LogP) is 3.64. The first-order valence-corrected chi connectivity index (χ1v) is 9.28. The summed E-state index contributed by atoms with van der Waals surface area (Å²) < 4.78 is 25.8. The van der Waals surface area contributed by atoms with E-state index < -0.39 is 0 Å². The van der Waals surface area contributed by atoms with Gasteiger partial charge in [-0.15, -0.1) is 0 Å². The molecule has 2 aliphatic rings. The molecule has 4 nitrogen and oxygen atoms in total. The molecule has 25 heavy (non-hydrogen) atoms. The van der Waals surface area contributed by atoms with E-state index in [2.05, 4.69) is 9.88 Å². The number of likely N-dealkylation sites (tertiary alicyclic amines) is 1. The summed E-state index contributed by atoms with van der Waals surface area (Å²) in [7, 11) is 0. The molecule has 0 bridgehead atoms. The lowest BCUT2D eigenvalue weighted by molar-refractivity contribution is 0.0257. The minimum atomic E-state index is -0.303. The number of fused-ring (bicyclic) bond motifs is 1. The molecule has 2 aliphatic heterocycles. The molecule has 1 aromatic carbocycles. The lowest BCUT2D eigenvalue weighted by atomic mass is 9.99. The van der Waals surface area contributed by atoms with Crippen molar-refractivity contribution in [1.29, 1.82) is 0 Å². The summed E-state index contributed by atoms with van der Waals surface area (Å²) in [6, 6.07) is 5.18. The molecule has 0 saturated carbocycles. The van der Waals surface area contributed by atoms with Crippen molar-refractivity contribution in [3.05, 3.63) is 36.4 Å². The van der Waals surface area contributed by atoms with Crippen molar-refractivity contribution in [2.45, 2.75) is 31.8 Å². The lowest BCUT2D eigenvalue weighted by Gasteiger charge is -2.35. The van der Waals surface area contributed by atoms with Crippen LogP contribution >= 0.6 is 0 Å². The first kappa shape index (κ1) is 16.7. The van der Waals surface area contributed by atoms with E-state index in [1.807, 2.05) is 6.07 Å². The van der Waals surface area contributed by atoms with Crippen molar-refractivity contribution >= 4 is 10.8 Å². The maximum absolute atomic E-state index is 14.3. The Morgan fingerprint density at radius 2 is 2.08 bits per heavy atom. The smallest absolute Gasteiger partial charge is 0.165 e. The summed E-state index contributed by atoms with van der Waals surface area (Å²) in [5.74, 6) is 0.720. The molecule has 3 heterocycles. The predicted molar refractivity (Wildman–Crippen MR) is 95.3 cm³/mol. The average molecular weight is 344 g/mol.